The highest BCUT2D eigenvalue weighted by atomic mass is 16.5. The Kier molecular flexibility index (Phi) is 9.00. The minimum Gasteiger partial charge on any atom is -0.427 e. The fourth-order valence-electron chi connectivity index (χ4n) is 2.38. The second-order valence-electron chi connectivity index (χ2n) is 5.83. The summed E-state index contributed by atoms with van der Waals surface area (Å²) in [6.45, 7) is 4.96. The molecule has 1 rings (SSSR count). The van der Waals surface area contributed by atoms with Crippen LogP contribution in [0.4, 0.5) is 0 Å². The van der Waals surface area contributed by atoms with Gasteiger partial charge in [-0.1, -0.05) is 31.4 Å². The Hall–Kier alpha value is -2.63. The van der Waals surface area contributed by atoms with Gasteiger partial charge in [0.05, 0.1) is 0 Å². The van der Waals surface area contributed by atoms with Gasteiger partial charge in [0.2, 0.25) is 5.91 Å². The van der Waals surface area contributed by atoms with Crippen molar-refractivity contribution in [1.29, 1.82) is 0 Å². The molecule has 0 aromatic heterocycles. The second kappa shape index (κ2) is 11.0. The number of hydrogen-bond acceptors (Lipinski definition) is 4. The van der Waals surface area contributed by atoms with Crippen LogP contribution in [0.15, 0.2) is 36.9 Å². The Bertz CT molecular complexity index is 613. The molecule has 1 atom stereocenters. The van der Waals surface area contributed by atoms with Gasteiger partial charge < -0.3 is 15.8 Å². The van der Waals surface area contributed by atoms with Crippen LogP contribution in [-0.4, -0.2) is 23.8 Å². The molecular weight excluding hydrogens is 320 g/mol. The highest BCUT2D eigenvalue weighted by Crippen LogP contribution is 2.14. The van der Waals surface area contributed by atoms with Crippen LogP contribution in [-0.2, 0) is 9.59 Å². The first-order chi connectivity index (χ1) is 11.9. The third-order valence-corrected chi connectivity index (χ3v) is 3.66. The fraction of sp³-hybridized carbons (Fsp3) is 0.421. The minimum absolute atomic E-state index is 0.276. The first kappa shape index (κ1) is 20.4. The number of nitrogens with two attached hydrogens (primary N) is 1. The number of esters is 1. The monoisotopic (exact) mass is 346 g/mol. The van der Waals surface area contributed by atoms with E-state index in [2.05, 4.69) is 11.9 Å². The molecule has 2 amide bonds. The van der Waals surface area contributed by atoms with Crippen LogP contribution in [0.3, 0.4) is 0 Å². The average molecular weight is 346 g/mol. The highest BCUT2D eigenvalue weighted by molar-refractivity contribution is 5.97. The van der Waals surface area contributed by atoms with Gasteiger partial charge in [-0.05, 0) is 37.5 Å². The van der Waals surface area contributed by atoms with Gasteiger partial charge in [0.1, 0.15) is 11.8 Å². The summed E-state index contributed by atoms with van der Waals surface area (Å²) in [6, 6.07) is 5.49. The summed E-state index contributed by atoms with van der Waals surface area (Å²) < 4.78 is 4.95. The van der Waals surface area contributed by atoms with Gasteiger partial charge in [-0.2, -0.15) is 0 Å². The Morgan fingerprint density at radius 3 is 2.60 bits per heavy atom. The number of amides is 2. The van der Waals surface area contributed by atoms with Gasteiger partial charge in [-0.3, -0.25) is 14.4 Å². The molecule has 3 N–H and O–H groups in total. The molecule has 0 bridgehead atoms. The minimum atomic E-state index is -0.718. The molecule has 0 aliphatic heterocycles. The Balaban J connectivity index is 2.56. The van der Waals surface area contributed by atoms with Crippen LogP contribution in [0.25, 0.3) is 0 Å². The topological polar surface area (TPSA) is 98.5 Å². The molecule has 0 aliphatic rings. The SMILES string of the molecule is C=CCCCCCC[C@H](NC(=O)c1cccc(OC(C)=O)c1)C(N)=O. The summed E-state index contributed by atoms with van der Waals surface area (Å²) in [5, 5.41) is 2.65. The van der Waals surface area contributed by atoms with Crippen molar-refractivity contribution in [2.75, 3.05) is 0 Å². The number of rotatable bonds is 11. The predicted molar refractivity (Wildman–Crippen MR) is 96.1 cm³/mol. The van der Waals surface area contributed by atoms with E-state index in [0.29, 0.717) is 12.0 Å². The molecule has 0 heterocycles. The van der Waals surface area contributed by atoms with E-state index in [1.165, 1.54) is 13.0 Å². The zero-order chi connectivity index (χ0) is 18.7. The molecule has 1 aromatic rings. The number of nitrogens with one attached hydrogen (secondary N) is 1. The molecule has 0 saturated heterocycles. The number of primary amides is 1. The van der Waals surface area contributed by atoms with Crippen molar-refractivity contribution >= 4 is 17.8 Å². The van der Waals surface area contributed by atoms with Gasteiger partial charge in [-0.15, -0.1) is 6.58 Å². The Morgan fingerprint density at radius 2 is 1.96 bits per heavy atom. The first-order valence-corrected chi connectivity index (χ1v) is 8.43. The van der Waals surface area contributed by atoms with Crippen LogP contribution in [0.1, 0.15) is 55.8 Å². The molecule has 25 heavy (non-hydrogen) atoms. The van der Waals surface area contributed by atoms with Gasteiger partial charge in [-0.25, -0.2) is 0 Å². The first-order valence-electron chi connectivity index (χ1n) is 8.43. The van der Waals surface area contributed by atoms with Gasteiger partial charge in [0.15, 0.2) is 0 Å². The van der Waals surface area contributed by atoms with Gasteiger partial charge in [0, 0.05) is 12.5 Å². The molecule has 0 spiro atoms. The smallest absolute Gasteiger partial charge is 0.308 e. The zero-order valence-corrected chi connectivity index (χ0v) is 14.6. The summed E-state index contributed by atoms with van der Waals surface area (Å²) in [7, 11) is 0. The number of allylic oxidation sites excluding steroid dienone is 1. The molecule has 136 valence electrons. The van der Waals surface area contributed by atoms with Crippen molar-refractivity contribution in [3.8, 4) is 5.75 Å². The van der Waals surface area contributed by atoms with Crippen molar-refractivity contribution in [3.63, 3.8) is 0 Å². The van der Waals surface area contributed by atoms with Crippen molar-refractivity contribution in [3.05, 3.63) is 42.5 Å². The van der Waals surface area contributed by atoms with Crippen molar-refractivity contribution in [1.82, 2.24) is 5.32 Å². The molecule has 0 aliphatic carbocycles. The lowest BCUT2D eigenvalue weighted by atomic mass is 10.1. The Morgan fingerprint density at radius 1 is 1.24 bits per heavy atom. The number of hydrogen-bond donors (Lipinski definition) is 2. The van der Waals surface area contributed by atoms with Gasteiger partial charge >= 0.3 is 5.97 Å². The summed E-state index contributed by atoms with van der Waals surface area (Å²) in [4.78, 5) is 34.9. The number of carbonyl (C=O) groups is 3. The molecule has 6 nitrogen and oxygen atoms in total. The van der Waals surface area contributed by atoms with E-state index < -0.39 is 23.8 Å². The van der Waals surface area contributed by atoms with Crippen molar-refractivity contribution < 1.29 is 19.1 Å². The van der Waals surface area contributed by atoms with Crippen LogP contribution in [0.5, 0.6) is 5.75 Å². The molecule has 0 saturated carbocycles. The summed E-state index contributed by atoms with van der Waals surface area (Å²) in [6.07, 6.45) is 7.26. The third-order valence-electron chi connectivity index (χ3n) is 3.66. The maximum Gasteiger partial charge on any atom is 0.308 e. The molecular formula is C19H26N2O4. The fourth-order valence-corrected chi connectivity index (χ4v) is 2.38. The number of unbranched alkanes of at least 4 members (excludes halogenated alkanes) is 4. The second-order valence-corrected chi connectivity index (χ2v) is 5.83. The molecule has 0 fully saturated rings. The lowest BCUT2D eigenvalue weighted by molar-refractivity contribution is -0.131. The molecule has 1 aromatic carbocycles. The lowest BCUT2D eigenvalue weighted by Gasteiger charge is -2.15. The number of benzene rings is 1. The van der Waals surface area contributed by atoms with Crippen molar-refractivity contribution in [2.45, 2.75) is 51.5 Å². The number of carbonyl (C=O) groups excluding carboxylic acids is 3. The maximum absolute atomic E-state index is 12.3. The zero-order valence-electron chi connectivity index (χ0n) is 14.6. The van der Waals surface area contributed by atoms with E-state index in [0.717, 1.165) is 32.1 Å². The van der Waals surface area contributed by atoms with Gasteiger partial charge in [0.25, 0.3) is 5.91 Å². The standard InChI is InChI=1S/C19H26N2O4/c1-3-4-5-6-7-8-12-17(18(20)23)21-19(24)15-10-9-11-16(13-15)25-14(2)22/h3,9-11,13,17H,1,4-8,12H2,2H3,(H2,20,23)(H,21,24)/t17-/m0/s1. The van der Waals surface area contributed by atoms with Crippen LogP contribution < -0.4 is 15.8 Å². The number of ether oxygens (including phenoxy) is 1. The van der Waals surface area contributed by atoms with E-state index in [1.54, 1.807) is 18.2 Å². The van der Waals surface area contributed by atoms with Crippen LogP contribution in [0.2, 0.25) is 0 Å². The highest BCUT2D eigenvalue weighted by Gasteiger charge is 2.19. The summed E-state index contributed by atoms with van der Waals surface area (Å²) in [5.41, 5.74) is 5.69. The summed E-state index contributed by atoms with van der Waals surface area (Å²) in [5.74, 6) is -1.18. The predicted octanol–water partition coefficient (Wildman–Crippen LogP) is 2.72. The van der Waals surface area contributed by atoms with E-state index in [-0.39, 0.29) is 5.75 Å². The molecule has 0 radical (unpaired) electrons. The average Bonchev–Trinajstić information content (AvgIpc) is 2.56. The maximum atomic E-state index is 12.3. The lowest BCUT2D eigenvalue weighted by Crippen LogP contribution is -2.44. The van der Waals surface area contributed by atoms with Crippen molar-refractivity contribution in [2.24, 2.45) is 5.73 Å². The van der Waals surface area contributed by atoms with Crippen LogP contribution >= 0.6 is 0 Å². The molecule has 0 unspecified atom stereocenters. The normalized spacial score (nSPS) is 11.4. The van der Waals surface area contributed by atoms with E-state index in [1.807, 2.05) is 6.08 Å². The van der Waals surface area contributed by atoms with Crippen LogP contribution in [0, 0.1) is 0 Å². The van der Waals surface area contributed by atoms with E-state index in [4.69, 9.17) is 10.5 Å². The quantitative estimate of drug-likeness (QED) is 0.278. The largest absolute Gasteiger partial charge is 0.427 e. The summed E-state index contributed by atoms with van der Waals surface area (Å²) >= 11 is 0. The molecule has 6 heteroatoms. The van der Waals surface area contributed by atoms with E-state index >= 15 is 0 Å². The Labute approximate surface area is 148 Å². The third kappa shape index (κ3) is 8.15. The van der Waals surface area contributed by atoms with E-state index in [9.17, 15) is 14.4 Å².